The molecule has 3 rings (SSSR count). The second kappa shape index (κ2) is 6.48. The monoisotopic (exact) mass is 375 g/mol. The third kappa shape index (κ3) is 3.21. The highest BCUT2D eigenvalue weighted by atomic mass is 32.2. The van der Waals surface area contributed by atoms with Gasteiger partial charge in [-0.05, 0) is 25.5 Å². The number of nitrogens with zero attached hydrogens (tertiary/aromatic N) is 6. The van der Waals surface area contributed by atoms with Crippen LogP contribution in [-0.2, 0) is 10.0 Å². The number of nitro groups is 1. The first-order valence-corrected chi connectivity index (χ1v) is 8.76. The van der Waals surface area contributed by atoms with Crippen LogP contribution in [0.1, 0.15) is 11.4 Å². The summed E-state index contributed by atoms with van der Waals surface area (Å²) >= 11 is 0. The highest BCUT2D eigenvalue weighted by Gasteiger charge is 2.27. The predicted molar refractivity (Wildman–Crippen MR) is 90.3 cm³/mol. The van der Waals surface area contributed by atoms with Gasteiger partial charge in [-0.25, -0.2) is 15.0 Å². The highest BCUT2D eigenvalue weighted by Crippen LogP contribution is 2.29. The third-order valence-electron chi connectivity index (χ3n) is 3.42. The fraction of sp³-hybridized carbons (Fsp3) is 0.143. The molecule has 134 valence electrons. The largest absolute Gasteiger partial charge is 0.299 e. The predicted octanol–water partition coefficient (Wildman–Crippen LogP) is 1.38. The Morgan fingerprint density at radius 1 is 1.15 bits per heavy atom. The van der Waals surface area contributed by atoms with Crippen molar-refractivity contribution in [3.05, 3.63) is 58.2 Å². The summed E-state index contributed by atoms with van der Waals surface area (Å²) in [7, 11) is -4.25. The average molecular weight is 375 g/mol. The summed E-state index contributed by atoms with van der Waals surface area (Å²) in [5.74, 6) is 0.400. The van der Waals surface area contributed by atoms with Gasteiger partial charge in [0.15, 0.2) is 0 Å². The minimum atomic E-state index is -4.25. The lowest BCUT2D eigenvalue weighted by molar-refractivity contribution is -0.383. The molecule has 2 heterocycles. The molecule has 0 spiro atoms. The molecule has 0 amide bonds. The summed E-state index contributed by atoms with van der Waals surface area (Å²) in [5, 5.41) is 14.5. The lowest BCUT2D eigenvalue weighted by Gasteiger charge is -2.08. The molecular formula is C14H13N7O4S. The molecule has 12 heteroatoms. The van der Waals surface area contributed by atoms with Gasteiger partial charge in [-0.15, -0.1) is 5.10 Å². The van der Waals surface area contributed by atoms with E-state index < -0.39 is 20.1 Å². The van der Waals surface area contributed by atoms with E-state index in [1.807, 2.05) is 0 Å². The molecule has 1 aromatic carbocycles. The zero-order valence-corrected chi connectivity index (χ0v) is 14.5. The lowest BCUT2D eigenvalue weighted by atomic mass is 10.2. The summed E-state index contributed by atoms with van der Waals surface area (Å²) in [4.78, 5) is 22.4. The minimum absolute atomic E-state index is 0.137. The normalized spacial score (nSPS) is 11.3. The van der Waals surface area contributed by atoms with Gasteiger partial charge in [0, 0.05) is 18.5 Å². The number of anilines is 1. The Hall–Kier alpha value is -3.41. The first kappa shape index (κ1) is 17.4. The first-order chi connectivity index (χ1) is 12.3. The molecule has 0 radical (unpaired) electrons. The molecule has 0 unspecified atom stereocenters. The van der Waals surface area contributed by atoms with Crippen molar-refractivity contribution in [3.8, 4) is 5.95 Å². The van der Waals surface area contributed by atoms with Crippen molar-refractivity contribution in [2.75, 3.05) is 4.72 Å². The van der Waals surface area contributed by atoms with Gasteiger partial charge in [-0.2, -0.15) is 13.1 Å². The quantitative estimate of drug-likeness (QED) is 0.520. The molecule has 0 aliphatic carbocycles. The van der Waals surface area contributed by atoms with E-state index in [-0.39, 0.29) is 23.1 Å². The topological polar surface area (TPSA) is 146 Å². The van der Waals surface area contributed by atoms with E-state index in [0.717, 1.165) is 0 Å². The van der Waals surface area contributed by atoms with Crippen molar-refractivity contribution < 1.29 is 13.3 Å². The van der Waals surface area contributed by atoms with Crippen LogP contribution in [0.5, 0.6) is 0 Å². The van der Waals surface area contributed by atoms with Crippen LogP contribution in [0.4, 0.5) is 11.4 Å². The van der Waals surface area contributed by atoms with Crippen molar-refractivity contribution in [3.63, 3.8) is 0 Å². The van der Waals surface area contributed by atoms with E-state index in [4.69, 9.17) is 0 Å². The number of aryl methyl sites for hydroxylation is 2. The molecular weight excluding hydrogens is 362 g/mol. The van der Waals surface area contributed by atoms with Crippen LogP contribution in [-0.4, -0.2) is 38.1 Å². The van der Waals surface area contributed by atoms with Crippen molar-refractivity contribution in [1.82, 2.24) is 24.7 Å². The van der Waals surface area contributed by atoms with Gasteiger partial charge in [-0.3, -0.25) is 14.8 Å². The first-order valence-electron chi connectivity index (χ1n) is 7.27. The van der Waals surface area contributed by atoms with Crippen LogP contribution >= 0.6 is 0 Å². The number of aromatic nitrogens is 5. The number of hydrogen-bond acceptors (Lipinski definition) is 8. The number of rotatable bonds is 5. The van der Waals surface area contributed by atoms with Crippen LogP contribution in [0.3, 0.4) is 0 Å². The zero-order chi connectivity index (χ0) is 18.9. The summed E-state index contributed by atoms with van der Waals surface area (Å²) in [6.45, 7) is 3.10. The number of benzene rings is 1. The number of para-hydroxylation sites is 1. The number of nitrogens with one attached hydrogen (secondary N) is 1. The van der Waals surface area contributed by atoms with Crippen molar-refractivity contribution in [2.45, 2.75) is 19.0 Å². The number of sulfonamides is 1. The second-order valence-corrected chi connectivity index (χ2v) is 6.81. The fourth-order valence-corrected chi connectivity index (χ4v) is 3.25. The molecule has 2 aromatic heterocycles. The van der Waals surface area contributed by atoms with E-state index in [1.165, 1.54) is 29.2 Å². The molecule has 0 atom stereocenters. The molecule has 1 N–H and O–H groups in total. The molecule has 26 heavy (non-hydrogen) atoms. The van der Waals surface area contributed by atoms with Crippen molar-refractivity contribution in [2.24, 2.45) is 0 Å². The third-order valence-corrected chi connectivity index (χ3v) is 4.54. The van der Waals surface area contributed by atoms with E-state index in [0.29, 0.717) is 5.56 Å². The summed E-state index contributed by atoms with van der Waals surface area (Å²) in [6, 6.07) is 5.83. The number of nitro benzene ring substituents is 1. The van der Waals surface area contributed by atoms with Crippen LogP contribution in [0.25, 0.3) is 5.95 Å². The zero-order valence-electron chi connectivity index (χ0n) is 13.7. The van der Waals surface area contributed by atoms with Gasteiger partial charge in [0.2, 0.25) is 0 Å². The van der Waals surface area contributed by atoms with Gasteiger partial charge in [0.1, 0.15) is 11.5 Å². The molecule has 0 fully saturated rings. The molecule has 0 saturated heterocycles. The van der Waals surface area contributed by atoms with Gasteiger partial charge < -0.3 is 0 Å². The fourth-order valence-electron chi connectivity index (χ4n) is 2.19. The van der Waals surface area contributed by atoms with Crippen LogP contribution < -0.4 is 4.72 Å². The summed E-state index contributed by atoms with van der Waals surface area (Å²) in [6.07, 6.45) is 2.96. The molecule has 0 aliphatic heterocycles. The molecule has 0 bridgehead atoms. The second-order valence-electron chi connectivity index (χ2n) is 5.23. The van der Waals surface area contributed by atoms with Gasteiger partial charge in [0.05, 0.1) is 4.92 Å². The van der Waals surface area contributed by atoms with Gasteiger partial charge in [0.25, 0.3) is 26.8 Å². The maximum atomic E-state index is 12.6. The SMILES string of the molecule is Cc1cccc([N+](=O)[O-])c1NS(=O)(=O)c1nc(C)n(-c2ncccn2)n1. The Labute approximate surface area is 148 Å². The smallest absolute Gasteiger partial charge is 0.270 e. The van der Waals surface area contributed by atoms with E-state index in [1.54, 1.807) is 26.0 Å². The Kier molecular flexibility index (Phi) is 4.34. The van der Waals surface area contributed by atoms with Gasteiger partial charge >= 0.3 is 0 Å². The average Bonchev–Trinajstić information content (AvgIpc) is 3.00. The Bertz CT molecular complexity index is 1080. The van der Waals surface area contributed by atoms with Crippen LogP contribution in [0.15, 0.2) is 41.8 Å². The van der Waals surface area contributed by atoms with Crippen molar-refractivity contribution in [1.29, 1.82) is 0 Å². The van der Waals surface area contributed by atoms with E-state index in [9.17, 15) is 18.5 Å². The van der Waals surface area contributed by atoms with E-state index in [2.05, 4.69) is 24.8 Å². The Morgan fingerprint density at radius 3 is 2.50 bits per heavy atom. The van der Waals surface area contributed by atoms with Crippen LogP contribution in [0.2, 0.25) is 0 Å². The Morgan fingerprint density at radius 2 is 1.85 bits per heavy atom. The van der Waals surface area contributed by atoms with Crippen molar-refractivity contribution >= 4 is 21.4 Å². The standard InChI is InChI=1S/C14H13N7O4S/c1-9-5-3-6-11(21(22)23)12(9)19-26(24,25)14-17-10(2)20(18-14)13-15-7-4-8-16-13/h3-8,19H,1-2H3. The van der Waals surface area contributed by atoms with Gasteiger partial charge in [-0.1, -0.05) is 12.1 Å². The van der Waals surface area contributed by atoms with Crippen LogP contribution in [0, 0.1) is 24.0 Å². The molecule has 11 nitrogen and oxygen atoms in total. The number of hydrogen-bond donors (Lipinski definition) is 1. The highest BCUT2D eigenvalue weighted by molar-refractivity contribution is 7.92. The lowest BCUT2D eigenvalue weighted by Crippen LogP contribution is -2.17. The maximum Gasteiger partial charge on any atom is 0.299 e. The maximum absolute atomic E-state index is 12.6. The molecule has 3 aromatic rings. The summed E-state index contributed by atoms with van der Waals surface area (Å²) < 4.78 is 28.6. The molecule has 0 saturated carbocycles. The van der Waals surface area contributed by atoms with E-state index >= 15 is 0 Å². The molecule has 0 aliphatic rings. The Balaban J connectivity index is 2.02. The minimum Gasteiger partial charge on any atom is -0.270 e. The summed E-state index contributed by atoms with van der Waals surface area (Å²) in [5.41, 5.74) is -0.107.